The fraction of sp³-hybridized carbons (Fsp3) is 0.583. The van der Waals surface area contributed by atoms with Crippen LogP contribution in [0.15, 0.2) is 12.8 Å². The van der Waals surface area contributed by atoms with E-state index in [-0.39, 0.29) is 12.6 Å². The molecular weight excluding hydrogens is 236 g/mol. The summed E-state index contributed by atoms with van der Waals surface area (Å²) in [6, 6.07) is 1.87. The quantitative estimate of drug-likeness (QED) is 0.430. The number of carbonyl (C=O) groups excluding carboxylic acids is 2. The van der Waals surface area contributed by atoms with Crippen molar-refractivity contribution in [2.24, 2.45) is 0 Å². The summed E-state index contributed by atoms with van der Waals surface area (Å²) < 4.78 is 8.86. The van der Waals surface area contributed by atoms with E-state index in [2.05, 4.69) is 16.1 Å². The van der Waals surface area contributed by atoms with Crippen LogP contribution in [-0.4, -0.2) is 44.1 Å². The van der Waals surface area contributed by atoms with Gasteiger partial charge in [0.15, 0.2) is 0 Å². The Hall–Kier alpha value is -2.03. The summed E-state index contributed by atoms with van der Waals surface area (Å²) in [6.45, 7) is 9.80. The van der Waals surface area contributed by atoms with Crippen LogP contribution in [0.5, 0.6) is 0 Å². The summed E-state index contributed by atoms with van der Waals surface area (Å²) in [5, 5.41) is 8.14. The van der Waals surface area contributed by atoms with Crippen LogP contribution in [0.25, 0.3) is 0 Å². The van der Waals surface area contributed by atoms with Gasteiger partial charge >= 0.3 is 6.09 Å². The minimum absolute atomic E-state index is 0.138. The molecule has 18 heavy (non-hydrogen) atoms. The van der Waals surface area contributed by atoms with E-state index in [1.165, 1.54) is 18.1 Å². The molecule has 0 aliphatic carbocycles. The second kappa shape index (κ2) is 20.4. The Bertz CT molecular complexity index is 249. The highest BCUT2D eigenvalue weighted by Crippen LogP contribution is 2.00. The van der Waals surface area contributed by atoms with Crippen molar-refractivity contribution >= 4 is 12.4 Å². The number of aldehydes is 1. The molecule has 1 fully saturated rings. The van der Waals surface area contributed by atoms with Crippen molar-refractivity contribution in [1.29, 1.82) is 5.26 Å². The smallest absolute Gasteiger partial charge is 0.410 e. The summed E-state index contributed by atoms with van der Waals surface area (Å²) in [5.41, 5.74) is 0. The van der Waals surface area contributed by atoms with Crippen LogP contribution in [0.3, 0.4) is 0 Å². The van der Waals surface area contributed by atoms with Gasteiger partial charge in [-0.25, -0.2) is 4.79 Å². The first kappa shape index (κ1) is 21.3. The Morgan fingerprint density at radius 2 is 2.06 bits per heavy atom. The third kappa shape index (κ3) is 16.4. The van der Waals surface area contributed by atoms with Gasteiger partial charge in [0.05, 0.1) is 26.0 Å². The summed E-state index contributed by atoms with van der Waals surface area (Å²) in [5.74, 6) is 0. The molecule has 1 aliphatic rings. The van der Waals surface area contributed by atoms with Gasteiger partial charge in [-0.2, -0.15) is 5.26 Å². The number of amides is 1. The third-order valence-corrected chi connectivity index (χ3v) is 1.27. The zero-order valence-electron chi connectivity index (χ0n) is 11.5. The molecule has 104 valence electrons. The predicted octanol–water partition coefficient (Wildman–Crippen LogP) is 1.97. The summed E-state index contributed by atoms with van der Waals surface area (Å²) in [7, 11) is 1.56. The highest BCUT2D eigenvalue weighted by Gasteiger charge is 2.20. The van der Waals surface area contributed by atoms with E-state index in [0.717, 1.165) is 6.29 Å². The van der Waals surface area contributed by atoms with Crippen LogP contribution in [0.4, 0.5) is 4.79 Å². The van der Waals surface area contributed by atoms with Gasteiger partial charge in [0.1, 0.15) is 19.4 Å². The number of hydrogen-bond donors (Lipinski definition) is 0. The number of nitrogens with zero attached hydrogens (tertiary/aromatic N) is 2. The van der Waals surface area contributed by atoms with Crippen molar-refractivity contribution < 1.29 is 19.1 Å². The number of cyclic esters (lactones) is 1. The minimum Gasteiger partial charge on any atom is -0.505 e. The van der Waals surface area contributed by atoms with Gasteiger partial charge in [-0.3, -0.25) is 4.90 Å². The molecule has 6 nitrogen and oxygen atoms in total. The average molecular weight is 258 g/mol. The summed E-state index contributed by atoms with van der Waals surface area (Å²) >= 11 is 0. The fourth-order valence-electron chi connectivity index (χ4n) is 0.655. The number of carbonyl (C=O) groups is 2. The maximum absolute atomic E-state index is 10.5. The molecule has 1 aliphatic heterocycles. The number of nitriles is 1. The number of ether oxygens (including phenoxy) is 2. The van der Waals surface area contributed by atoms with Crippen LogP contribution >= 0.6 is 0 Å². The van der Waals surface area contributed by atoms with E-state index in [0.29, 0.717) is 13.2 Å². The monoisotopic (exact) mass is 258 g/mol. The Morgan fingerprint density at radius 1 is 1.61 bits per heavy atom. The van der Waals surface area contributed by atoms with E-state index >= 15 is 0 Å². The maximum atomic E-state index is 10.5. The Labute approximate surface area is 109 Å². The molecule has 0 radical (unpaired) electrons. The molecule has 0 aromatic heterocycles. The first-order valence-electron chi connectivity index (χ1n) is 5.50. The Balaban J connectivity index is -0.000000212. The van der Waals surface area contributed by atoms with E-state index in [1.54, 1.807) is 7.11 Å². The molecule has 0 atom stereocenters. The zero-order valence-corrected chi connectivity index (χ0v) is 11.5. The van der Waals surface area contributed by atoms with Crippen LogP contribution < -0.4 is 0 Å². The molecule has 0 saturated carbocycles. The van der Waals surface area contributed by atoms with E-state index < -0.39 is 0 Å². The lowest BCUT2D eigenvalue weighted by Gasteiger charge is -2.04. The molecule has 1 heterocycles. The second-order valence-corrected chi connectivity index (χ2v) is 2.33. The SMILES string of the molecule is C=COC.CC.CC=O.N#CCN1CCOC1=O. The highest BCUT2D eigenvalue weighted by molar-refractivity contribution is 5.69. The van der Waals surface area contributed by atoms with Gasteiger partial charge in [0, 0.05) is 0 Å². The van der Waals surface area contributed by atoms with Crippen molar-refractivity contribution in [3.05, 3.63) is 12.8 Å². The van der Waals surface area contributed by atoms with Crippen molar-refractivity contribution in [3.8, 4) is 6.07 Å². The topological polar surface area (TPSA) is 79.6 Å². The van der Waals surface area contributed by atoms with Crippen LogP contribution in [0, 0.1) is 11.3 Å². The van der Waals surface area contributed by atoms with E-state index in [4.69, 9.17) is 10.1 Å². The summed E-state index contributed by atoms with van der Waals surface area (Å²) in [4.78, 5) is 20.7. The van der Waals surface area contributed by atoms with Gasteiger partial charge in [0.2, 0.25) is 0 Å². The lowest BCUT2D eigenvalue weighted by Crippen LogP contribution is -2.24. The molecule has 0 N–H and O–H groups in total. The van der Waals surface area contributed by atoms with Gasteiger partial charge in [-0.15, -0.1) is 0 Å². The molecular formula is C12H22N2O4. The normalized spacial score (nSPS) is 10.8. The van der Waals surface area contributed by atoms with Crippen molar-refractivity contribution in [2.45, 2.75) is 20.8 Å². The second-order valence-electron chi connectivity index (χ2n) is 2.33. The molecule has 0 unspecified atom stereocenters. The van der Waals surface area contributed by atoms with Crippen molar-refractivity contribution in [1.82, 2.24) is 4.90 Å². The Kier molecular flexibility index (Phi) is 24.1. The largest absolute Gasteiger partial charge is 0.505 e. The average Bonchev–Trinajstić information content (AvgIpc) is 2.80. The Morgan fingerprint density at radius 3 is 2.28 bits per heavy atom. The summed E-state index contributed by atoms with van der Waals surface area (Å²) in [6.07, 6.45) is 1.75. The van der Waals surface area contributed by atoms with Crippen molar-refractivity contribution in [3.63, 3.8) is 0 Å². The number of hydrogen-bond acceptors (Lipinski definition) is 5. The molecule has 0 bridgehead atoms. The number of methoxy groups -OCH3 is 1. The highest BCUT2D eigenvalue weighted by atomic mass is 16.6. The predicted molar refractivity (Wildman–Crippen MR) is 68.8 cm³/mol. The van der Waals surface area contributed by atoms with E-state index in [1.807, 2.05) is 19.9 Å². The lowest BCUT2D eigenvalue weighted by atomic mass is 10.6. The minimum atomic E-state index is -0.378. The van der Waals surface area contributed by atoms with Gasteiger partial charge < -0.3 is 14.3 Å². The molecule has 1 rings (SSSR count). The molecule has 0 aromatic rings. The zero-order chi connectivity index (χ0) is 14.8. The number of rotatable bonds is 2. The fourth-order valence-corrected chi connectivity index (χ4v) is 0.655. The van der Waals surface area contributed by atoms with Crippen molar-refractivity contribution in [2.75, 3.05) is 26.8 Å². The first-order valence-corrected chi connectivity index (χ1v) is 5.50. The third-order valence-electron chi connectivity index (χ3n) is 1.27. The molecule has 0 spiro atoms. The van der Waals surface area contributed by atoms with Gasteiger partial charge in [-0.05, 0) is 6.92 Å². The van der Waals surface area contributed by atoms with Gasteiger partial charge in [0.25, 0.3) is 0 Å². The van der Waals surface area contributed by atoms with Gasteiger partial charge in [-0.1, -0.05) is 20.4 Å². The molecule has 1 amide bonds. The lowest BCUT2D eigenvalue weighted by molar-refractivity contribution is -0.106. The standard InChI is InChI=1S/C5H6N2O2.C3H6O.C2H4O.C2H6/c6-1-2-7-3-4-9-5(7)8;1-3-4-2;1-2-3;1-2/h2-4H2;3H,1H2,2H3;2H,1H3;1-2H3. The first-order chi connectivity index (χ1) is 8.67. The van der Waals surface area contributed by atoms with Crippen LogP contribution in [-0.2, 0) is 14.3 Å². The molecule has 6 heteroatoms. The maximum Gasteiger partial charge on any atom is 0.410 e. The van der Waals surface area contributed by atoms with Crippen LogP contribution in [0.1, 0.15) is 20.8 Å². The van der Waals surface area contributed by atoms with Crippen LogP contribution in [0.2, 0.25) is 0 Å². The molecule has 1 saturated heterocycles. The molecule has 0 aromatic carbocycles. The van der Waals surface area contributed by atoms with E-state index in [9.17, 15) is 4.79 Å².